The molecule has 0 spiro atoms. The van der Waals surface area contributed by atoms with Gasteiger partial charge in [-0.3, -0.25) is 14.9 Å². The maximum Gasteiger partial charge on any atom is 0.281 e. The first-order valence-electron chi connectivity index (χ1n) is 9.23. The Morgan fingerprint density at radius 2 is 1.90 bits per heavy atom. The number of morpholine rings is 1. The second-order valence-electron chi connectivity index (χ2n) is 6.59. The second-order valence-corrected chi connectivity index (χ2v) is 6.59. The minimum atomic E-state index is -0.612. The lowest BCUT2D eigenvalue weighted by atomic mass is 10.2. The number of nitro benzene ring substituents is 1. The maximum atomic E-state index is 12.6. The van der Waals surface area contributed by atoms with Gasteiger partial charge >= 0.3 is 0 Å². The Hall–Kier alpha value is -3.99. The molecule has 0 aliphatic carbocycles. The average Bonchev–Trinajstić information content (AvgIpc) is 3.14. The zero-order valence-corrected chi connectivity index (χ0v) is 15.9. The monoisotopic (exact) mass is 409 g/mol. The Balaban J connectivity index is 1.49. The van der Waals surface area contributed by atoms with E-state index in [9.17, 15) is 14.9 Å². The van der Waals surface area contributed by atoms with Crippen LogP contribution >= 0.6 is 0 Å². The van der Waals surface area contributed by atoms with Gasteiger partial charge in [0.05, 0.1) is 18.1 Å². The third-order valence-corrected chi connectivity index (χ3v) is 4.63. The summed E-state index contributed by atoms with van der Waals surface area (Å²) in [5.41, 5.74) is 7.53. The van der Waals surface area contributed by atoms with Gasteiger partial charge in [0.1, 0.15) is 0 Å². The summed E-state index contributed by atoms with van der Waals surface area (Å²) < 4.78 is 6.27. The molecule has 1 fully saturated rings. The number of carbonyl (C=O) groups is 1. The Morgan fingerprint density at radius 3 is 2.60 bits per heavy atom. The van der Waals surface area contributed by atoms with Crippen molar-refractivity contribution in [2.24, 2.45) is 0 Å². The summed E-state index contributed by atoms with van der Waals surface area (Å²) in [6.07, 6.45) is 0. The van der Waals surface area contributed by atoms with E-state index in [1.807, 2.05) is 24.3 Å². The Morgan fingerprint density at radius 1 is 1.17 bits per heavy atom. The number of anilines is 4. The fourth-order valence-electron chi connectivity index (χ4n) is 3.11. The van der Waals surface area contributed by atoms with Crippen molar-refractivity contribution in [2.75, 3.05) is 42.3 Å². The van der Waals surface area contributed by atoms with Crippen LogP contribution in [-0.2, 0) is 4.74 Å². The maximum absolute atomic E-state index is 12.6. The first kappa shape index (κ1) is 19.3. The van der Waals surface area contributed by atoms with Crippen LogP contribution in [0.15, 0.2) is 48.5 Å². The lowest BCUT2D eigenvalue weighted by molar-refractivity contribution is -0.384. The number of ether oxygens (including phenoxy) is 1. The molecule has 1 aliphatic rings. The van der Waals surface area contributed by atoms with Crippen LogP contribution in [-0.4, -0.2) is 51.9 Å². The van der Waals surface area contributed by atoms with Crippen LogP contribution in [0.25, 0.3) is 0 Å². The van der Waals surface area contributed by atoms with Crippen LogP contribution < -0.4 is 16.0 Å². The predicted octanol–water partition coefficient (Wildman–Crippen LogP) is 2.04. The zero-order chi connectivity index (χ0) is 21.1. The van der Waals surface area contributed by atoms with E-state index in [1.165, 1.54) is 24.3 Å². The van der Waals surface area contributed by atoms with Gasteiger partial charge in [-0.15, -0.1) is 5.10 Å². The number of non-ortho nitro benzene ring substituents is 1. The van der Waals surface area contributed by atoms with Gasteiger partial charge in [-0.05, 0) is 30.3 Å². The molecular formula is C19H19N7O4. The lowest BCUT2D eigenvalue weighted by Gasteiger charge is -2.28. The fraction of sp³-hybridized carbons (Fsp3) is 0.211. The fourth-order valence-corrected chi connectivity index (χ4v) is 3.11. The van der Waals surface area contributed by atoms with Crippen molar-refractivity contribution in [3.63, 3.8) is 0 Å². The summed E-state index contributed by atoms with van der Waals surface area (Å²) >= 11 is 0. The molecule has 1 aliphatic heterocycles. The number of nitrogens with one attached hydrogen (secondary N) is 1. The van der Waals surface area contributed by atoms with Gasteiger partial charge in [-0.2, -0.15) is 9.67 Å². The van der Waals surface area contributed by atoms with Crippen LogP contribution in [0.4, 0.5) is 29.0 Å². The second kappa shape index (κ2) is 8.17. The minimum Gasteiger partial charge on any atom is -0.378 e. The number of hydrogen-bond acceptors (Lipinski definition) is 9. The van der Waals surface area contributed by atoms with Crippen LogP contribution in [0.3, 0.4) is 0 Å². The predicted molar refractivity (Wildman–Crippen MR) is 110 cm³/mol. The number of aromatic nitrogens is 3. The number of nitrogens with zero attached hydrogens (tertiary/aromatic N) is 5. The van der Waals surface area contributed by atoms with Gasteiger partial charge in [-0.1, -0.05) is 6.07 Å². The Kier molecular flexibility index (Phi) is 5.26. The van der Waals surface area contributed by atoms with Crippen LogP contribution in [0.5, 0.6) is 0 Å². The first-order chi connectivity index (χ1) is 14.5. The van der Waals surface area contributed by atoms with Crippen LogP contribution in [0.1, 0.15) is 10.4 Å². The molecule has 3 N–H and O–H groups in total. The number of carbonyl (C=O) groups excluding carboxylic acids is 1. The SMILES string of the molecule is Nc1nc(Nc2ccc(N3CCOCC3)cc2)nn1C(=O)c1cccc([N+](=O)[O-])c1. The lowest BCUT2D eigenvalue weighted by Crippen LogP contribution is -2.36. The highest BCUT2D eigenvalue weighted by molar-refractivity contribution is 5.97. The van der Waals surface area contributed by atoms with E-state index < -0.39 is 10.8 Å². The smallest absolute Gasteiger partial charge is 0.281 e. The summed E-state index contributed by atoms with van der Waals surface area (Å²) in [4.78, 5) is 29.3. The van der Waals surface area contributed by atoms with E-state index in [0.29, 0.717) is 13.2 Å². The van der Waals surface area contributed by atoms with Crippen molar-refractivity contribution in [3.05, 3.63) is 64.2 Å². The van der Waals surface area contributed by atoms with Gasteiger partial charge in [-0.25, -0.2) is 0 Å². The van der Waals surface area contributed by atoms with Crippen molar-refractivity contribution < 1.29 is 14.5 Å². The van der Waals surface area contributed by atoms with Gasteiger partial charge in [0, 0.05) is 42.2 Å². The number of nitrogens with two attached hydrogens (primary N) is 1. The van der Waals surface area contributed by atoms with Gasteiger partial charge < -0.3 is 20.7 Å². The highest BCUT2D eigenvalue weighted by atomic mass is 16.6. The molecule has 0 saturated carbocycles. The molecule has 4 rings (SSSR count). The molecular weight excluding hydrogens is 390 g/mol. The Labute approximate surface area is 171 Å². The molecule has 1 saturated heterocycles. The number of rotatable bonds is 5. The molecule has 11 heteroatoms. The molecule has 0 amide bonds. The molecule has 0 unspecified atom stereocenters. The number of hydrogen-bond donors (Lipinski definition) is 2. The summed E-state index contributed by atoms with van der Waals surface area (Å²) in [5.74, 6) is -0.594. The number of nitrogen functional groups attached to an aromatic ring is 1. The van der Waals surface area contributed by atoms with E-state index in [4.69, 9.17) is 10.5 Å². The summed E-state index contributed by atoms with van der Waals surface area (Å²) in [5, 5.41) is 18.0. The number of nitro groups is 1. The third-order valence-electron chi connectivity index (χ3n) is 4.63. The topological polar surface area (TPSA) is 141 Å². The van der Waals surface area contributed by atoms with E-state index in [1.54, 1.807) is 0 Å². The molecule has 0 atom stereocenters. The van der Waals surface area contributed by atoms with E-state index in [2.05, 4.69) is 20.3 Å². The highest BCUT2D eigenvalue weighted by Gasteiger charge is 2.18. The molecule has 3 aromatic rings. The standard InChI is InChI=1S/C19H19N7O4/c20-18-22-19(21-14-4-6-15(7-5-14)24-8-10-30-11-9-24)23-25(18)17(27)13-2-1-3-16(12-13)26(28)29/h1-7,12H,8-11H2,(H3,20,21,22,23). The summed E-state index contributed by atoms with van der Waals surface area (Å²) in [6, 6.07) is 13.1. The Bertz CT molecular complexity index is 1070. The third kappa shape index (κ3) is 4.05. The van der Waals surface area contributed by atoms with Gasteiger partial charge in [0.15, 0.2) is 0 Å². The van der Waals surface area contributed by atoms with Crippen molar-refractivity contribution in [3.8, 4) is 0 Å². The molecule has 0 radical (unpaired) electrons. The van der Waals surface area contributed by atoms with Crippen molar-refractivity contribution >= 4 is 34.9 Å². The highest BCUT2D eigenvalue weighted by Crippen LogP contribution is 2.22. The molecule has 2 heterocycles. The normalized spacial score (nSPS) is 13.8. The first-order valence-corrected chi connectivity index (χ1v) is 9.23. The molecule has 11 nitrogen and oxygen atoms in total. The average molecular weight is 409 g/mol. The molecule has 2 aromatic carbocycles. The summed E-state index contributed by atoms with van der Waals surface area (Å²) in [6.45, 7) is 3.10. The van der Waals surface area contributed by atoms with E-state index >= 15 is 0 Å². The van der Waals surface area contributed by atoms with E-state index in [0.717, 1.165) is 29.1 Å². The van der Waals surface area contributed by atoms with Crippen molar-refractivity contribution in [1.82, 2.24) is 14.8 Å². The van der Waals surface area contributed by atoms with Crippen molar-refractivity contribution in [2.45, 2.75) is 0 Å². The van der Waals surface area contributed by atoms with Gasteiger partial charge in [0.2, 0.25) is 11.9 Å². The largest absolute Gasteiger partial charge is 0.378 e. The zero-order valence-electron chi connectivity index (χ0n) is 15.9. The van der Waals surface area contributed by atoms with E-state index in [-0.39, 0.29) is 23.1 Å². The molecule has 1 aromatic heterocycles. The quantitative estimate of drug-likeness (QED) is 0.478. The van der Waals surface area contributed by atoms with Crippen molar-refractivity contribution in [1.29, 1.82) is 0 Å². The van der Waals surface area contributed by atoms with Crippen LogP contribution in [0, 0.1) is 10.1 Å². The van der Waals surface area contributed by atoms with Gasteiger partial charge in [0.25, 0.3) is 11.6 Å². The molecule has 30 heavy (non-hydrogen) atoms. The minimum absolute atomic E-state index is 0.0854. The number of benzene rings is 2. The molecule has 154 valence electrons. The van der Waals surface area contributed by atoms with Crippen LogP contribution in [0.2, 0.25) is 0 Å². The summed E-state index contributed by atoms with van der Waals surface area (Å²) in [7, 11) is 0. The molecule has 0 bridgehead atoms.